The van der Waals surface area contributed by atoms with Gasteiger partial charge in [-0.2, -0.15) is 15.0 Å². The lowest BCUT2D eigenvalue weighted by molar-refractivity contribution is 0.268. The monoisotopic (exact) mass is 266 g/mol. The second-order valence-corrected chi connectivity index (χ2v) is 5.02. The molecule has 19 heavy (non-hydrogen) atoms. The molecule has 1 heterocycles. The number of ether oxygens (including phenoxy) is 1. The molecule has 0 aromatic carbocycles. The summed E-state index contributed by atoms with van der Waals surface area (Å²) in [6.07, 6.45) is 5.23. The van der Waals surface area contributed by atoms with Gasteiger partial charge in [-0.15, -0.1) is 0 Å². The topological polar surface area (TPSA) is 98.0 Å². The van der Waals surface area contributed by atoms with Crippen molar-refractivity contribution in [3.63, 3.8) is 0 Å². The van der Waals surface area contributed by atoms with Gasteiger partial charge in [-0.25, -0.2) is 5.84 Å². The summed E-state index contributed by atoms with van der Waals surface area (Å²) in [7, 11) is 1.52. The number of anilines is 2. The molecular weight excluding hydrogens is 244 g/mol. The molecule has 1 aromatic heterocycles. The predicted octanol–water partition coefficient (Wildman–Crippen LogP) is 1.40. The Morgan fingerprint density at radius 3 is 2.63 bits per heavy atom. The fourth-order valence-electron chi connectivity index (χ4n) is 2.51. The first-order valence-electron chi connectivity index (χ1n) is 6.73. The van der Waals surface area contributed by atoms with Crippen LogP contribution in [0.5, 0.6) is 6.01 Å². The fourth-order valence-corrected chi connectivity index (χ4v) is 2.51. The molecule has 4 N–H and O–H groups in total. The molecule has 1 aliphatic rings. The standard InChI is InChI=1S/C12H22N6O/c1-8-5-3-4-6-9(8)7-14-10-15-11(18-13)17-12(16-10)19-2/h8-9H,3-7,13H2,1-2H3,(H2,14,15,16,17,18). The van der Waals surface area contributed by atoms with Gasteiger partial charge in [-0.3, -0.25) is 5.43 Å². The minimum Gasteiger partial charge on any atom is -0.467 e. The maximum atomic E-state index is 5.32. The van der Waals surface area contributed by atoms with E-state index in [2.05, 4.69) is 32.6 Å². The fraction of sp³-hybridized carbons (Fsp3) is 0.750. The first kappa shape index (κ1) is 13.8. The summed E-state index contributed by atoms with van der Waals surface area (Å²) < 4.78 is 5.01. The van der Waals surface area contributed by atoms with Crippen LogP contribution in [0.2, 0.25) is 0 Å². The number of nitrogens with two attached hydrogens (primary N) is 1. The maximum absolute atomic E-state index is 5.32. The number of methoxy groups -OCH3 is 1. The normalized spacial score (nSPS) is 22.9. The number of nitrogens with zero attached hydrogens (tertiary/aromatic N) is 3. The molecule has 1 saturated carbocycles. The van der Waals surface area contributed by atoms with Crippen molar-refractivity contribution in [3.05, 3.63) is 0 Å². The molecule has 0 spiro atoms. The third-order valence-electron chi connectivity index (χ3n) is 3.74. The van der Waals surface area contributed by atoms with Crippen LogP contribution in [0.15, 0.2) is 0 Å². The Hall–Kier alpha value is -1.63. The summed E-state index contributed by atoms with van der Waals surface area (Å²) in [5.74, 6) is 7.53. The van der Waals surface area contributed by atoms with Crippen LogP contribution in [-0.4, -0.2) is 28.6 Å². The first-order valence-corrected chi connectivity index (χ1v) is 6.73. The quantitative estimate of drug-likeness (QED) is 0.547. The van der Waals surface area contributed by atoms with Crippen LogP contribution in [0.3, 0.4) is 0 Å². The number of nitrogens with one attached hydrogen (secondary N) is 2. The van der Waals surface area contributed by atoms with E-state index in [1.54, 1.807) is 0 Å². The summed E-state index contributed by atoms with van der Waals surface area (Å²) in [5.41, 5.74) is 2.41. The number of hydrogen-bond acceptors (Lipinski definition) is 7. The third-order valence-corrected chi connectivity index (χ3v) is 3.74. The van der Waals surface area contributed by atoms with Crippen molar-refractivity contribution < 1.29 is 4.74 Å². The summed E-state index contributed by atoms with van der Waals surface area (Å²) in [5, 5.41) is 3.26. The zero-order valence-electron chi connectivity index (χ0n) is 11.5. The number of aromatic nitrogens is 3. The highest BCUT2D eigenvalue weighted by molar-refractivity contribution is 5.34. The Labute approximate surface area is 113 Å². The zero-order valence-corrected chi connectivity index (χ0v) is 11.5. The van der Waals surface area contributed by atoms with Gasteiger partial charge in [0.25, 0.3) is 0 Å². The zero-order chi connectivity index (χ0) is 13.7. The van der Waals surface area contributed by atoms with Crippen molar-refractivity contribution >= 4 is 11.9 Å². The molecule has 0 bridgehead atoms. The lowest BCUT2D eigenvalue weighted by atomic mass is 9.80. The van der Waals surface area contributed by atoms with Crippen molar-refractivity contribution in [2.45, 2.75) is 32.6 Å². The van der Waals surface area contributed by atoms with Gasteiger partial charge in [0.1, 0.15) is 0 Å². The van der Waals surface area contributed by atoms with E-state index in [9.17, 15) is 0 Å². The number of rotatable bonds is 5. The SMILES string of the molecule is COc1nc(NN)nc(NCC2CCCCC2C)n1. The van der Waals surface area contributed by atoms with Crippen LogP contribution in [0.25, 0.3) is 0 Å². The van der Waals surface area contributed by atoms with E-state index >= 15 is 0 Å². The average Bonchev–Trinajstić information content (AvgIpc) is 2.46. The molecule has 2 rings (SSSR count). The van der Waals surface area contributed by atoms with Gasteiger partial charge < -0.3 is 10.1 Å². The van der Waals surface area contributed by atoms with Crippen molar-refractivity contribution in [3.8, 4) is 6.01 Å². The summed E-state index contributed by atoms with van der Waals surface area (Å²) >= 11 is 0. The Bertz CT molecular complexity index is 391. The van der Waals surface area contributed by atoms with E-state index in [4.69, 9.17) is 10.6 Å². The van der Waals surface area contributed by atoms with Crippen LogP contribution in [-0.2, 0) is 0 Å². The van der Waals surface area contributed by atoms with Crippen LogP contribution in [0.4, 0.5) is 11.9 Å². The molecule has 2 atom stereocenters. The first-order chi connectivity index (χ1) is 9.22. The smallest absolute Gasteiger partial charge is 0.322 e. The second-order valence-electron chi connectivity index (χ2n) is 5.02. The molecule has 7 heteroatoms. The van der Waals surface area contributed by atoms with Crippen LogP contribution >= 0.6 is 0 Å². The van der Waals surface area contributed by atoms with Gasteiger partial charge in [-0.05, 0) is 18.3 Å². The molecule has 0 saturated heterocycles. The van der Waals surface area contributed by atoms with E-state index in [0.717, 1.165) is 12.5 Å². The molecular formula is C12H22N6O. The van der Waals surface area contributed by atoms with Gasteiger partial charge in [0, 0.05) is 6.54 Å². The number of hydrogen-bond donors (Lipinski definition) is 3. The Morgan fingerprint density at radius 1 is 1.21 bits per heavy atom. The van der Waals surface area contributed by atoms with Crippen LogP contribution < -0.4 is 21.3 Å². The van der Waals surface area contributed by atoms with E-state index in [-0.39, 0.29) is 6.01 Å². The van der Waals surface area contributed by atoms with E-state index < -0.39 is 0 Å². The highest BCUT2D eigenvalue weighted by atomic mass is 16.5. The average molecular weight is 266 g/mol. The van der Waals surface area contributed by atoms with Crippen molar-refractivity contribution in [2.24, 2.45) is 17.7 Å². The van der Waals surface area contributed by atoms with Gasteiger partial charge in [0.15, 0.2) is 0 Å². The summed E-state index contributed by atoms with van der Waals surface area (Å²) in [4.78, 5) is 12.3. The number of hydrazine groups is 1. The van der Waals surface area contributed by atoms with Crippen LogP contribution in [0, 0.1) is 11.8 Å². The molecule has 0 amide bonds. The van der Waals surface area contributed by atoms with Crippen LogP contribution in [0.1, 0.15) is 32.6 Å². The number of nitrogen functional groups attached to an aromatic ring is 1. The van der Waals surface area contributed by atoms with Crippen molar-refractivity contribution in [2.75, 3.05) is 24.4 Å². The maximum Gasteiger partial charge on any atom is 0.322 e. The van der Waals surface area contributed by atoms with E-state index in [1.807, 2.05) is 0 Å². The minimum absolute atomic E-state index is 0.252. The summed E-state index contributed by atoms with van der Waals surface area (Å²) in [6.45, 7) is 3.19. The van der Waals surface area contributed by atoms with Gasteiger partial charge in [0.05, 0.1) is 7.11 Å². The van der Waals surface area contributed by atoms with Crippen molar-refractivity contribution in [1.29, 1.82) is 0 Å². The molecule has 0 radical (unpaired) electrons. The van der Waals surface area contributed by atoms with Gasteiger partial charge in [0.2, 0.25) is 11.9 Å². The highest BCUT2D eigenvalue weighted by Gasteiger charge is 2.21. The summed E-state index contributed by atoms with van der Waals surface area (Å²) in [6, 6.07) is 0.252. The molecule has 1 aromatic rings. The lowest BCUT2D eigenvalue weighted by Gasteiger charge is -2.28. The largest absolute Gasteiger partial charge is 0.467 e. The minimum atomic E-state index is 0.252. The van der Waals surface area contributed by atoms with Gasteiger partial charge in [-0.1, -0.05) is 26.2 Å². The second kappa shape index (κ2) is 6.51. The molecule has 106 valence electrons. The predicted molar refractivity (Wildman–Crippen MR) is 73.8 cm³/mol. The molecule has 0 aliphatic heterocycles. The molecule has 7 nitrogen and oxygen atoms in total. The Morgan fingerprint density at radius 2 is 1.95 bits per heavy atom. The molecule has 2 unspecified atom stereocenters. The third kappa shape index (κ3) is 3.66. The van der Waals surface area contributed by atoms with Crippen molar-refractivity contribution in [1.82, 2.24) is 15.0 Å². The Balaban J connectivity index is 1.98. The highest BCUT2D eigenvalue weighted by Crippen LogP contribution is 2.29. The Kier molecular flexibility index (Phi) is 4.73. The van der Waals surface area contributed by atoms with E-state index in [1.165, 1.54) is 32.8 Å². The molecule has 1 aliphatic carbocycles. The van der Waals surface area contributed by atoms with Gasteiger partial charge >= 0.3 is 6.01 Å². The molecule has 1 fully saturated rings. The van der Waals surface area contributed by atoms with E-state index in [0.29, 0.717) is 17.8 Å². The lowest BCUT2D eigenvalue weighted by Crippen LogP contribution is -2.25.